The Labute approximate surface area is 170 Å². The summed E-state index contributed by atoms with van der Waals surface area (Å²) in [5, 5.41) is 2.21. The summed E-state index contributed by atoms with van der Waals surface area (Å²) in [6.07, 6.45) is 6.27. The van der Waals surface area contributed by atoms with Crippen LogP contribution in [-0.2, 0) is 14.8 Å². The van der Waals surface area contributed by atoms with Crippen molar-refractivity contribution in [1.29, 1.82) is 0 Å². The van der Waals surface area contributed by atoms with Crippen LogP contribution >= 0.6 is 0 Å². The molecule has 0 N–H and O–H groups in total. The van der Waals surface area contributed by atoms with Gasteiger partial charge in [0.15, 0.2) is 0 Å². The first kappa shape index (κ1) is 19.3. The number of rotatable bonds is 4. The molecule has 0 aliphatic carbocycles. The SMILES string of the molecule is O=C(/C=C/c1cccc2ccccc12)N1CCN(S(=O)(=O)c2cccnc2)CC1. The predicted molar refractivity (Wildman–Crippen MR) is 113 cm³/mol. The monoisotopic (exact) mass is 407 g/mol. The van der Waals surface area contributed by atoms with E-state index in [0.717, 1.165) is 16.3 Å². The minimum atomic E-state index is -3.58. The van der Waals surface area contributed by atoms with E-state index in [9.17, 15) is 13.2 Å². The summed E-state index contributed by atoms with van der Waals surface area (Å²) in [4.78, 5) is 18.3. The molecule has 1 saturated heterocycles. The number of fused-ring (bicyclic) bond motifs is 1. The van der Waals surface area contributed by atoms with Crippen LogP contribution in [0.2, 0.25) is 0 Å². The number of pyridine rings is 1. The lowest BCUT2D eigenvalue weighted by molar-refractivity contribution is -0.127. The Balaban J connectivity index is 1.42. The number of hydrogen-bond donors (Lipinski definition) is 0. The van der Waals surface area contributed by atoms with Crippen LogP contribution in [0.3, 0.4) is 0 Å². The van der Waals surface area contributed by atoms with Crippen molar-refractivity contribution in [3.05, 3.63) is 78.6 Å². The number of sulfonamides is 1. The smallest absolute Gasteiger partial charge is 0.246 e. The molecule has 3 aromatic rings. The Hall–Kier alpha value is -3.03. The summed E-state index contributed by atoms with van der Waals surface area (Å²) in [7, 11) is -3.58. The maximum absolute atomic E-state index is 12.7. The predicted octanol–water partition coefficient (Wildman–Crippen LogP) is 2.78. The number of nitrogens with zero attached hydrogens (tertiary/aromatic N) is 3. The third-order valence-electron chi connectivity index (χ3n) is 5.05. The zero-order valence-electron chi connectivity index (χ0n) is 15.8. The fourth-order valence-electron chi connectivity index (χ4n) is 3.46. The van der Waals surface area contributed by atoms with Gasteiger partial charge in [-0.3, -0.25) is 9.78 Å². The van der Waals surface area contributed by atoms with E-state index in [0.29, 0.717) is 13.1 Å². The summed E-state index contributed by atoms with van der Waals surface area (Å²) in [6.45, 7) is 1.26. The van der Waals surface area contributed by atoms with Gasteiger partial charge in [-0.25, -0.2) is 8.42 Å². The molecule has 2 aromatic carbocycles. The fourth-order valence-corrected chi connectivity index (χ4v) is 4.85. The molecule has 29 heavy (non-hydrogen) atoms. The van der Waals surface area contributed by atoms with Crippen molar-refractivity contribution in [3.63, 3.8) is 0 Å². The Kier molecular flexibility index (Phi) is 5.42. The number of carbonyl (C=O) groups is 1. The van der Waals surface area contributed by atoms with E-state index in [1.807, 2.05) is 48.5 Å². The number of aromatic nitrogens is 1. The number of piperazine rings is 1. The molecule has 1 aromatic heterocycles. The largest absolute Gasteiger partial charge is 0.337 e. The third kappa shape index (κ3) is 4.06. The van der Waals surface area contributed by atoms with Crippen LogP contribution in [0, 0.1) is 0 Å². The van der Waals surface area contributed by atoms with Crippen LogP contribution in [0.15, 0.2) is 78.0 Å². The van der Waals surface area contributed by atoms with Gasteiger partial charge in [0.1, 0.15) is 4.90 Å². The Bertz CT molecular complexity index is 1150. The normalized spacial score (nSPS) is 15.8. The highest BCUT2D eigenvalue weighted by Gasteiger charge is 2.29. The van der Waals surface area contributed by atoms with Crippen LogP contribution in [0.5, 0.6) is 0 Å². The molecule has 0 spiro atoms. The van der Waals surface area contributed by atoms with Crippen molar-refractivity contribution in [1.82, 2.24) is 14.2 Å². The van der Waals surface area contributed by atoms with Crippen molar-refractivity contribution in [2.45, 2.75) is 4.90 Å². The third-order valence-corrected chi connectivity index (χ3v) is 6.93. The maximum Gasteiger partial charge on any atom is 0.246 e. The quantitative estimate of drug-likeness (QED) is 0.624. The van der Waals surface area contributed by atoms with Crippen molar-refractivity contribution in [2.75, 3.05) is 26.2 Å². The van der Waals surface area contributed by atoms with Gasteiger partial charge in [0.05, 0.1) is 0 Å². The summed E-state index contributed by atoms with van der Waals surface area (Å²) < 4.78 is 26.7. The topological polar surface area (TPSA) is 70.6 Å². The molecule has 0 saturated carbocycles. The first-order valence-electron chi connectivity index (χ1n) is 9.41. The molecule has 1 aliphatic rings. The lowest BCUT2D eigenvalue weighted by Gasteiger charge is -2.33. The number of carbonyl (C=O) groups excluding carboxylic acids is 1. The molecule has 0 radical (unpaired) electrons. The molecule has 4 rings (SSSR count). The minimum absolute atomic E-state index is 0.114. The zero-order valence-corrected chi connectivity index (χ0v) is 16.6. The van der Waals surface area contributed by atoms with Crippen LogP contribution in [0.4, 0.5) is 0 Å². The van der Waals surface area contributed by atoms with Gasteiger partial charge in [0.25, 0.3) is 0 Å². The molecule has 0 unspecified atom stereocenters. The molecule has 0 atom stereocenters. The van der Waals surface area contributed by atoms with Crippen LogP contribution in [0.1, 0.15) is 5.56 Å². The van der Waals surface area contributed by atoms with Gasteiger partial charge in [-0.2, -0.15) is 4.31 Å². The molecular weight excluding hydrogens is 386 g/mol. The molecule has 1 aliphatic heterocycles. The van der Waals surface area contributed by atoms with Crippen LogP contribution in [0.25, 0.3) is 16.8 Å². The lowest BCUT2D eigenvalue weighted by Crippen LogP contribution is -2.50. The van der Waals surface area contributed by atoms with Gasteiger partial charge in [-0.05, 0) is 34.5 Å². The van der Waals surface area contributed by atoms with E-state index >= 15 is 0 Å². The number of amides is 1. The second-order valence-electron chi connectivity index (χ2n) is 6.82. The Morgan fingerprint density at radius 1 is 0.931 bits per heavy atom. The summed E-state index contributed by atoms with van der Waals surface area (Å²) in [5.41, 5.74) is 0.981. The molecule has 7 heteroatoms. The van der Waals surface area contributed by atoms with Crippen LogP contribution in [-0.4, -0.2) is 54.7 Å². The van der Waals surface area contributed by atoms with E-state index in [2.05, 4.69) is 4.98 Å². The average molecular weight is 407 g/mol. The molecule has 1 amide bonds. The summed E-state index contributed by atoms with van der Waals surface area (Å²) >= 11 is 0. The van der Waals surface area contributed by atoms with Crippen molar-refractivity contribution in [3.8, 4) is 0 Å². The molecule has 1 fully saturated rings. The molecule has 0 bridgehead atoms. The van der Waals surface area contributed by atoms with Gasteiger partial charge < -0.3 is 4.90 Å². The van der Waals surface area contributed by atoms with Crippen molar-refractivity contribution < 1.29 is 13.2 Å². The molecule has 6 nitrogen and oxygen atoms in total. The molecule has 148 valence electrons. The molecule has 2 heterocycles. The number of hydrogen-bond acceptors (Lipinski definition) is 4. The first-order valence-corrected chi connectivity index (χ1v) is 10.8. The Morgan fingerprint density at radius 2 is 1.69 bits per heavy atom. The van der Waals surface area contributed by atoms with Crippen molar-refractivity contribution in [2.24, 2.45) is 0 Å². The van der Waals surface area contributed by atoms with Crippen molar-refractivity contribution >= 4 is 32.8 Å². The summed E-state index contributed by atoms with van der Waals surface area (Å²) in [6, 6.07) is 17.1. The van der Waals surface area contributed by atoms with Gasteiger partial charge in [-0.1, -0.05) is 42.5 Å². The van der Waals surface area contributed by atoms with Crippen LogP contribution < -0.4 is 0 Å². The number of benzene rings is 2. The molecular formula is C22H21N3O3S. The second-order valence-corrected chi connectivity index (χ2v) is 8.76. The average Bonchev–Trinajstić information content (AvgIpc) is 2.78. The van der Waals surface area contributed by atoms with E-state index in [1.165, 1.54) is 22.8 Å². The highest BCUT2D eigenvalue weighted by atomic mass is 32.2. The maximum atomic E-state index is 12.7. The van der Waals surface area contributed by atoms with Gasteiger partial charge >= 0.3 is 0 Å². The standard InChI is InChI=1S/C22H21N3O3S/c26-22(11-10-19-7-3-6-18-5-1-2-9-21(18)19)24-13-15-25(16-14-24)29(27,28)20-8-4-12-23-17-20/h1-12,17H,13-16H2/b11-10+. The Morgan fingerprint density at radius 3 is 2.45 bits per heavy atom. The zero-order chi connectivity index (χ0) is 20.3. The van der Waals surface area contributed by atoms with E-state index in [4.69, 9.17) is 0 Å². The fraction of sp³-hybridized carbons (Fsp3) is 0.182. The van der Waals surface area contributed by atoms with E-state index < -0.39 is 10.0 Å². The summed E-state index contributed by atoms with van der Waals surface area (Å²) in [5.74, 6) is -0.114. The lowest BCUT2D eigenvalue weighted by atomic mass is 10.0. The minimum Gasteiger partial charge on any atom is -0.337 e. The second kappa shape index (κ2) is 8.14. The van der Waals surface area contributed by atoms with E-state index in [-0.39, 0.29) is 23.9 Å². The highest BCUT2D eigenvalue weighted by Crippen LogP contribution is 2.20. The first-order chi connectivity index (χ1) is 14.1. The van der Waals surface area contributed by atoms with Gasteiger partial charge in [0.2, 0.25) is 15.9 Å². The highest BCUT2D eigenvalue weighted by molar-refractivity contribution is 7.89. The van der Waals surface area contributed by atoms with E-state index in [1.54, 1.807) is 17.0 Å². The van der Waals surface area contributed by atoms with Gasteiger partial charge in [-0.15, -0.1) is 0 Å². The van der Waals surface area contributed by atoms with Gasteiger partial charge in [0, 0.05) is 44.6 Å².